The predicted octanol–water partition coefficient (Wildman–Crippen LogP) is 3.32. The molecule has 0 unspecified atom stereocenters. The van der Waals surface area contributed by atoms with Gasteiger partial charge in [-0.2, -0.15) is 0 Å². The second-order valence-corrected chi connectivity index (χ2v) is 12.1. The van der Waals surface area contributed by atoms with E-state index in [1.165, 1.54) is 43.2 Å². The summed E-state index contributed by atoms with van der Waals surface area (Å²) in [5.74, 6) is 1.36. The molecule has 0 aromatic heterocycles. The zero-order valence-corrected chi connectivity index (χ0v) is 21.1. The number of nitrogens with zero attached hydrogens (tertiary/aromatic N) is 1. The normalized spacial score (nSPS) is 32.6. The van der Waals surface area contributed by atoms with Gasteiger partial charge in [0.25, 0.3) is 0 Å². The number of amides is 2. The number of rotatable bonds is 4. The number of hydrogen-bond donors (Lipinski definition) is 3. The highest BCUT2D eigenvalue weighted by atomic mass is 16.2. The van der Waals surface area contributed by atoms with Crippen LogP contribution in [0.5, 0.6) is 0 Å². The van der Waals surface area contributed by atoms with E-state index in [0.29, 0.717) is 11.8 Å². The van der Waals surface area contributed by atoms with E-state index in [-0.39, 0.29) is 35.4 Å². The molecular weight excluding hydrogens is 436 g/mol. The lowest BCUT2D eigenvalue weighted by Crippen LogP contribution is -2.51. The first kappa shape index (κ1) is 23.5. The van der Waals surface area contributed by atoms with Crippen LogP contribution in [0.4, 0.5) is 0 Å². The molecule has 2 amide bonds. The number of nitrogens with one attached hydrogen (secondary N) is 3. The van der Waals surface area contributed by atoms with E-state index in [4.69, 9.17) is 0 Å². The zero-order valence-electron chi connectivity index (χ0n) is 21.1. The number of likely N-dealkylation sites (tertiary alicyclic amines) is 1. The summed E-state index contributed by atoms with van der Waals surface area (Å²) in [4.78, 5) is 29.6. The molecule has 1 aromatic rings. The Morgan fingerprint density at radius 3 is 2.63 bits per heavy atom. The van der Waals surface area contributed by atoms with Crippen LogP contribution in [0.1, 0.15) is 81.4 Å². The largest absolute Gasteiger partial charge is 0.347 e. The minimum atomic E-state index is -0.325. The van der Waals surface area contributed by atoms with Crippen molar-refractivity contribution in [2.45, 2.75) is 88.8 Å². The number of fused-ring (bicyclic) bond motifs is 1. The van der Waals surface area contributed by atoms with Gasteiger partial charge in [0.2, 0.25) is 11.8 Å². The van der Waals surface area contributed by atoms with Crippen LogP contribution in [0.2, 0.25) is 0 Å². The predicted molar refractivity (Wildman–Crippen MR) is 137 cm³/mol. The van der Waals surface area contributed by atoms with Gasteiger partial charge in [0.1, 0.15) is 6.04 Å². The Morgan fingerprint density at radius 2 is 1.80 bits per heavy atom. The Bertz CT molecular complexity index is 936. The fourth-order valence-electron chi connectivity index (χ4n) is 7.91. The third kappa shape index (κ3) is 4.64. The topological polar surface area (TPSA) is 73.5 Å². The smallest absolute Gasteiger partial charge is 0.243 e. The number of carbonyl (C=O) groups is 2. The van der Waals surface area contributed by atoms with Crippen molar-refractivity contribution in [3.63, 3.8) is 0 Å². The molecule has 5 aliphatic rings. The first-order valence-corrected chi connectivity index (χ1v) is 14.2. The van der Waals surface area contributed by atoms with Gasteiger partial charge in [-0.1, -0.05) is 56.4 Å². The van der Waals surface area contributed by atoms with Crippen LogP contribution in [-0.4, -0.2) is 55.0 Å². The van der Waals surface area contributed by atoms with Crippen LogP contribution in [0.15, 0.2) is 24.3 Å². The molecule has 3 heterocycles. The maximum atomic E-state index is 13.9. The van der Waals surface area contributed by atoms with E-state index in [0.717, 1.165) is 64.7 Å². The maximum Gasteiger partial charge on any atom is 0.243 e. The summed E-state index contributed by atoms with van der Waals surface area (Å²) in [5, 5.41) is 10.4. The van der Waals surface area contributed by atoms with Crippen molar-refractivity contribution < 1.29 is 9.59 Å². The lowest BCUT2D eigenvalue weighted by Gasteiger charge is -2.33. The molecule has 1 aromatic carbocycles. The van der Waals surface area contributed by atoms with Gasteiger partial charge >= 0.3 is 0 Å². The van der Waals surface area contributed by atoms with Crippen molar-refractivity contribution in [3.8, 4) is 0 Å². The van der Waals surface area contributed by atoms with E-state index in [9.17, 15) is 9.59 Å². The summed E-state index contributed by atoms with van der Waals surface area (Å²) >= 11 is 0. The Kier molecular flexibility index (Phi) is 6.61. The highest BCUT2D eigenvalue weighted by molar-refractivity contribution is 5.91. The lowest BCUT2D eigenvalue weighted by atomic mass is 9.77. The molecule has 190 valence electrons. The highest BCUT2D eigenvalue weighted by Gasteiger charge is 2.48. The van der Waals surface area contributed by atoms with Gasteiger partial charge in [0.05, 0.1) is 12.1 Å². The molecule has 4 atom stereocenters. The average molecular weight is 479 g/mol. The van der Waals surface area contributed by atoms with Crippen LogP contribution in [0.3, 0.4) is 0 Å². The summed E-state index contributed by atoms with van der Waals surface area (Å²) in [5.41, 5.74) is 2.85. The third-order valence-corrected chi connectivity index (χ3v) is 10.0. The van der Waals surface area contributed by atoms with Crippen molar-refractivity contribution in [3.05, 3.63) is 35.4 Å². The molecule has 3 saturated heterocycles. The second kappa shape index (κ2) is 9.85. The molecule has 1 saturated carbocycles. The lowest BCUT2D eigenvalue weighted by molar-refractivity contribution is -0.140. The van der Waals surface area contributed by atoms with E-state index >= 15 is 0 Å². The number of aryl methyl sites for hydroxylation is 1. The minimum absolute atomic E-state index is 0.0629. The van der Waals surface area contributed by atoms with E-state index in [1.807, 2.05) is 4.90 Å². The highest BCUT2D eigenvalue weighted by Crippen LogP contribution is 2.41. The fourth-order valence-corrected chi connectivity index (χ4v) is 7.91. The van der Waals surface area contributed by atoms with Crippen LogP contribution < -0.4 is 16.0 Å². The summed E-state index contributed by atoms with van der Waals surface area (Å²) in [6.45, 7) is 3.78. The van der Waals surface area contributed by atoms with Gasteiger partial charge in [-0.05, 0) is 80.0 Å². The number of carbonyl (C=O) groups excluding carboxylic acids is 2. The van der Waals surface area contributed by atoms with Crippen molar-refractivity contribution in [2.75, 3.05) is 26.2 Å². The maximum absolute atomic E-state index is 13.9. The Morgan fingerprint density at radius 1 is 1.00 bits per heavy atom. The summed E-state index contributed by atoms with van der Waals surface area (Å²) in [7, 11) is 0. The van der Waals surface area contributed by atoms with Crippen LogP contribution in [-0.2, 0) is 16.0 Å². The Balaban J connectivity index is 1.18. The molecule has 3 N–H and O–H groups in total. The van der Waals surface area contributed by atoms with Gasteiger partial charge in [0, 0.05) is 13.1 Å². The Labute approximate surface area is 210 Å². The van der Waals surface area contributed by atoms with Crippen molar-refractivity contribution in [2.24, 2.45) is 17.3 Å². The summed E-state index contributed by atoms with van der Waals surface area (Å²) in [6.07, 6.45) is 12.4. The molecule has 2 aliphatic carbocycles. The first-order valence-electron chi connectivity index (χ1n) is 14.2. The summed E-state index contributed by atoms with van der Waals surface area (Å²) < 4.78 is 0. The second-order valence-electron chi connectivity index (χ2n) is 12.1. The van der Waals surface area contributed by atoms with E-state index < -0.39 is 0 Å². The van der Waals surface area contributed by atoms with Gasteiger partial charge in [-0.25, -0.2) is 0 Å². The van der Waals surface area contributed by atoms with Gasteiger partial charge in [-0.3, -0.25) is 9.59 Å². The minimum Gasteiger partial charge on any atom is -0.347 e. The zero-order chi connectivity index (χ0) is 23.8. The van der Waals surface area contributed by atoms with Gasteiger partial charge < -0.3 is 20.9 Å². The van der Waals surface area contributed by atoms with Crippen LogP contribution >= 0.6 is 0 Å². The molecule has 0 bridgehead atoms. The quantitative estimate of drug-likeness (QED) is 0.621. The molecule has 1 spiro atoms. The van der Waals surface area contributed by atoms with E-state index in [2.05, 4.69) is 40.2 Å². The molecule has 0 radical (unpaired) electrons. The standard InChI is InChI=1S/C29H42N4O2/c34-27(32-24-11-10-21-8-4-5-9-23(21)24)26-16-22(20-6-2-1-3-7-20)18-33(26)28(35)25-17-29(19-31-25)12-14-30-15-13-29/h4-5,8-9,20,22,24-26,30-31H,1-3,6-7,10-19H2,(H,32,34)/t22-,24+,25-,26+/m0/s1. The molecular formula is C29H42N4O2. The molecule has 3 aliphatic heterocycles. The van der Waals surface area contributed by atoms with Gasteiger partial charge in [0.15, 0.2) is 0 Å². The molecule has 6 heteroatoms. The molecule has 4 fully saturated rings. The number of benzene rings is 1. The van der Waals surface area contributed by atoms with Crippen molar-refractivity contribution in [1.29, 1.82) is 0 Å². The van der Waals surface area contributed by atoms with Crippen LogP contribution in [0, 0.1) is 17.3 Å². The van der Waals surface area contributed by atoms with Crippen molar-refractivity contribution in [1.82, 2.24) is 20.9 Å². The number of hydrogen-bond acceptors (Lipinski definition) is 4. The fraction of sp³-hybridized carbons (Fsp3) is 0.724. The molecule has 6 rings (SSSR count). The average Bonchev–Trinajstić information content (AvgIpc) is 3.63. The molecule has 35 heavy (non-hydrogen) atoms. The third-order valence-electron chi connectivity index (χ3n) is 10.0. The van der Waals surface area contributed by atoms with Crippen LogP contribution in [0.25, 0.3) is 0 Å². The Hall–Kier alpha value is -1.92. The van der Waals surface area contributed by atoms with E-state index in [1.54, 1.807) is 0 Å². The first-order chi connectivity index (χ1) is 17.1. The van der Waals surface area contributed by atoms with Crippen molar-refractivity contribution >= 4 is 11.8 Å². The SMILES string of the molecule is O=C(N[C@@H]1CCc2ccccc21)[C@H]1C[C@H](C2CCCCC2)CN1C(=O)[C@@H]1CC2(CCNCC2)CN1. The monoisotopic (exact) mass is 478 g/mol. The summed E-state index contributed by atoms with van der Waals surface area (Å²) in [6, 6.07) is 8.08. The van der Waals surface area contributed by atoms with Gasteiger partial charge in [-0.15, -0.1) is 0 Å². The number of piperidine rings is 1. The molecule has 6 nitrogen and oxygen atoms in total.